The molecule has 4 aromatic rings. The maximum Gasteiger partial charge on any atom is 0.350 e. The third-order valence-electron chi connectivity index (χ3n) is 6.83. The topological polar surface area (TPSA) is 115 Å². The van der Waals surface area contributed by atoms with Crippen molar-refractivity contribution in [2.24, 2.45) is 0 Å². The van der Waals surface area contributed by atoms with Gasteiger partial charge in [-0.15, -0.1) is 0 Å². The lowest BCUT2D eigenvalue weighted by Crippen LogP contribution is -2.29. The Morgan fingerprint density at radius 2 is 1.71 bits per heavy atom. The Bertz CT molecular complexity index is 1710. The first-order valence-electron chi connectivity index (χ1n) is 13.0. The van der Waals surface area contributed by atoms with Gasteiger partial charge in [0.2, 0.25) is 0 Å². The number of amides is 1. The van der Waals surface area contributed by atoms with Crippen molar-refractivity contribution in [2.45, 2.75) is 26.5 Å². The van der Waals surface area contributed by atoms with Crippen molar-refractivity contribution >= 4 is 39.9 Å². The van der Waals surface area contributed by atoms with E-state index in [0.717, 1.165) is 22.5 Å². The lowest BCUT2D eigenvalue weighted by molar-refractivity contribution is -0.132. The van der Waals surface area contributed by atoms with E-state index in [1.54, 1.807) is 55.5 Å². The van der Waals surface area contributed by atoms with Crippen LogP contribution in [0.25, 0.3) is 5.76 Å². The fraction of sp³-hybridized carbons (Fsp3) is 0.188. The molecule has 10 heteroatoms. The number of aryl methyl sites for hydroxylation is 2. The van der Waals surface area contributed by atoms with Gasteiger partial charge in [0.05, 0.1) is 31.5 Å². The molecule has 1 atom stereocenters. The summed E-state index contributed by atoms with van der Waals surface area (Å²) >= 11 is 0.935. The third kappa shape index (κ3) is 5.48. The normalized spacial score (nSPS) is 16.0. The molecule has 5 rings (SSSR count). The SMILES string of the molecule is COC(=O)c1sc(N2C(=O)C(=O)/C(=C(/O)c3ccc(OCc4cccc(C)c4)cc3)C2c2cccc(OC)c2)nc1C. The number of aliphatic hydroxyl groups excluding tert-OH is 1. The molecule has 1 fully saturated rings. The molecular formula is C32H28N2O7S. The number of aromatic nitrogens is 1. The van der Waals surface area contributed by atoms with Gasteiger partial charge in [-0.05, 0) is 61.4 Å². The van der Waals surface area contributed by atoms with Crippen molar-refractivity contribution in [3.05, 3.63) is 111 Å². The molecule has 0 spiro atoms. The van der Waals surface area contributed by atoms with Crippen molar-refractivity contribution in [2.75, 3.05) is 19.1 Å². The monoisotopic (exact) mass is 584 g/mol. The standard InChI is InChI=1S/C32H28N2O7S/c1-18-7-5-8-20(15-18)17-41-23-13-11-21(12-14-23)27(35)25-26(22-9-6-10-24(16-22)39-3)34(30(37)28(25)36)32-33-19(2)29(42-32)31(38)40-4/h5-16,26,35H,17H2,1-4H3/b27-25+. The van der Waals surface area contributed by atoms with E-state index < -0.39 is 23.7 Å². The molecule has 1 saturated heterocycles. The lowest BCUT2D eigenvalue weighted by atomic mass is 9.95. The van der Waals surface area contributed by atoms with Gasteiger partial charge in [-0.2, -0.15) is 0 Å². The summed E-state index contributed by atoms with van der Waals surface area (Å²) in [5.41, 5.74) is 3.24. The van der Waals surface area contributed by atoms with Crippen LogP contribution in [-0.4, -0.2) is 42.0 Å². The fourth-order valence-electron chi connectivity index (χ4n) is 4.76. The number of ketones is 1. The van der Waals surface area contributed by atoms with Gasteiger partial charge in [-0.1, -0.05) is 53.3 Å². The number of hydrogen-bond acceptors (Lipinski definition) is 9. The predicted octanol–water partition coefficient (Wildman–Crippen LogP) is 5.76. The van der Waals surface area contributed by atoms with Crippen LogP contribution in [0.2, 0.25) is 0 Å². The zero-order valence-corrected chi connectivity index (χ0v) is 24.2. The summed E-state index contributed by atoms with van der Waals surface area (Å²) in [4.78, 5) is 45.1. The molecule has 1 N–H and O–H groups in total. The summed E-state index contributed by atoms with van der Waals surface area (Å²) in [5.74, 6) is -1.64. The van der Waals surface area contributed by atoms with Gasteiger partial charge < -0.3 is 19.3 Å². The van der Waals surface area contributed by atoms with Gasteiger partial charge in [0.1, 0.15) is 28.7 Å². The Kier molecular flexibility index (Phi) is 8.08. The number of methoxy groups -OCH3 is 2. The number of carbonyl (C=O) groups is 3. The Labute approximate surface area is 246 Å². The molecule has 0 radical (unpaired) electrons. The minimum atomic E-state index is -1.03. The minimum absolute atomic E-state index is 0.117. The smallest absolute Gasteiger partial charge is 0.350 e. The third-order valence-corrected chi connectivity index (χ3v) is 7.97. The van der Waals surface area contributed by atoms with Gasteiger partial charge >= 0.3 is 11.9 Å². The molecule has 2 heterocycles. The summed E-state index contributed by atoms with van der Waals surface area (Å²) in [5, 5.41) is 11.6. The zero-order valence-electron chi connectivity index (χ0n) is 23.4. The summed E-state index contributed by atoms with van der Waals surface area (Å²) in [6.45, 7) is 4.00. The van der Waals surface area contributed by atoms with E-state index in [2.05, 4.69) is 4.98 Å². The zero-order chi connectivity index (χ0) is 30.0. The first kappa shape index (κ1) is 28.6. The van der Waals surface area contributed by atoms with Crippen molar-refractivity contribution in [3.63, 3.8) is 0 Å². The summed E-state index contributed by atoms with van der Waals surface area (Å²) < 4.78 is 16.1. The Balaban J connectivity index is 1.54. The Morgan fingerprint density at radius 1 is 0.976 bits per heavy atom. The second kappa shape index (κ2) is 11.9. The number of rotatable bonds is 8. The van der Waals surface area contributed by atoms with E-state index in [9.17, 15) is 19.5 Å². The Morgan fingerprint density at radius 3 is 2.40 bits per heavy atom. The van der Waals surface area contributed by atoms with E-state index in [1.165, 1.54) is 19.1 Å². The highest BCUT2D eigenvalue weighted by Gasteiger charge is 2.48. The first-order valence-corrected chi connectivity index (χ1v) is 13.8. The predicted molar refractivity (Wildman–Crippen MR) is 158 cm³/mol. The summed E-state index contributed by atoms with van der Waals surface area (Å²) in [6.07, 6.45) is 0. The van der Waals surface area contributed by atoms with Crippen LogP contribution in [0.1, 0.15) is 43.7 Å². The number of esters is 1. The number of hydrogen-bond donors (Lipinski definition) is 1. The summed E-state index contributed by atoms with van der Waals surface area (Å²) in [6, 6.07) is 20.4. The Hall–Kier alpha value is -4.96. The molecule has 0 saturated carbocycles. The largest absolute Gasteiger partial charge is 0.507 e. The molecule has 9 nitrogen and oxygen atoms in total. The number of aliphatic hydroxyl groups is 1. The number of Topliss-reactive ketones (excluding diaryl/α,β-unsaturated/α-hetero) is 1. The fourth-order valence-corrected chi connectivity index (χ4v) is 5.77. The maximum absolute atomic E-state index is 13.5. The number of thiazole rings is 1. The van der Waals surface area contributed by atoms with Crippen molar-refractivity contribution in [3.8, 4) is 11.5 Å². The second-order valence-corrected chi connectivity index (χ2v) is 10.6. The van der Waals surface area contributed by atoms with Gasteiger partial charge in [-0.3, -0.25) is 14.5 Å². The van der Waals surface area contributed by atoms with Crippen LogP contribution in [0.15, 0.2) is 78.4 Å². The van der Waals surface area contributed by atoms with Gasteiger partial charge in [0, 0.05) is 5.56 Å². The van der Waals surface area contributed by atoms with Gasteiger partial charge in [-0.25, -0.2) is 9.78 Å². The average Bonchev–Trinajstić information content (AvgIpc) is 3.51. The van der Waals surface area contributed by atoms with E-state index in [0.29, 0.717) is 34.9 Å². The average molecular weight is 585 g/mol. The number of anilines is 1. The molecule has 1 amide bonds. The van der Waals surface area contributed by atoms with Gasteiger partial charge in [0.25, 0.3) is 5.78 Å². The van der Waals surface area contributed by atoms with Crippen LogP contribution in [0.3, 0.4) is 0 Å². The van der Waals surface area contributed by atoms with E-state index in [-0.39, 0.29) is 21.3 Å². The van der Waals surface area contributed by atoms with Crippen LogP contribution in [0.4, 0.5) is 5.13 Å². The van der Waals surface area contributed by atoms with Crippen molar-refractivity contribution in [1.29, 1.82) is 0 Å². The van der Waals surface area contributed by atoms with Crippen LogP contribution in [0, 0.1) is 13.8 Å². The van der Waals surface area contributed by atoms with Crippen LogP contribution >= 0.6 is 11.3 Å². The highest BCUT2D eigenvalue weighted by Crippen LogP contribution is 2.44. The molecule has 1 aromatic heterocycles. The molecule has 1 aliphatic heterocycles. The van der Waals surface area contributed by atoms with E-state index >= 15 is 0 Å². The quantitative estimate of drug-likeness (QED) is 0.120. The molecule has 3 aromatic carbocycles. The molecule has 42 heavy (non-hydrogen) atoms. The highest BCUT2D eigenvalue weighted by molar-refractivity contribution is 7.17. The molecule has 0 aliphatic carbocycles. The molecule has 1 aliphatic rings. The lowest BCUT2D eigenvalue weighted by Gasteiger charge is -2.23. The minimum Gasteiger partial charge on any atom is -0.507 e. The number of ether oxygens (including phenoxy) is 3. The molecule has 0 bridgehead atoms. The number of nitrogens with zero attached hydrogens (tertiary/aromatic N) is 2. The molecular weight excluding hydrogens is 556 g/mol. The van der Waals surface area contributed by atoms with Crippen molar-refractivity contribution in [1.82, 2.24) is 4.98 Å². The van der Waals surface area contributed by atoms with Crippen LogP contribution < -0.4 is 14.4 Å². The van der Waals surface area contributed by atoms with Crippen LogP contribution in [-0.2, 0) is 20.9 Å². The number of benzene rings is 3. The second-order valence-electron chi connectivity index (χ2n) is 9.65. The molecule has 214 valence electrons. The molecule has 1 unspecified atom stereocenters. The van der Waals surface area contributed by atoms with E-state index in [4.69, 9.17) is 14.2 Å². The number of carbonyl (C=O) groups excluding carboxylic acids is 3. The first-order chi connectivity index (χ1) is 20.2. The van der Waals surface area contributed by atoms with Crippen LogP contribution in [0.5, 0.6) is 11.5 Å². The summed E-state index contributed by atoms with van der Waals surface area (Å²) in [7, 11) is 2.76. The van der Waals surface area contributed by atoms with Gasteiger partial charge in [0.15, 0.2) is 5.13 Å². The van der Waals surface area contributed by atoms with Crippen molar-refractivity contribution < 1.29 is 33.7 Å². The maximum atomic E-state index is 13.5. The van der Waals surface area contributed by atoms with E-state index in [1.807, 2.05) is 31.2 Å². The highest BCUT2D eigenvalue weighted by atomic mass is 32.1.